The van der Waals surface area contributed by atoms with Gasteiger partial charge in [0.25, 0.3) is 0 Å². The lowest BCUT2D eigenvalue weighted by atomic mass is 10.0. The third-order valence-electron chi connectivity index (χ3n) is 4.38. The molecule has 0 saturated heterocycles. The molecule has 0 amide bonds. The Bertz CT molecular complexity index is 1110. The zero-order chi connectivity index (χ0) is 18.1. The van der Waals surface area contributed by atoms with Crippen molar-refractivity contribution in [2.45, 2.75) is 13.3 Å². The van der Waals surface area contributed by atoms with Gasteiger partial charge in [-0.1, -0.05) is 12.1 Å². The SMILES string of the molecule is Cc1cc(C(=O)Cc2cc3cc(-c4cnn(C)c4)ccc3cn2)ccn1. The van der Waals surface area contributed by atoms with Crippen LogP contribution in [0.2, 0.25) is 0 Å². The Balaban J connectivity index is 1.65. The first-order valence-electron chi connectivity index (χ1n) is 8.42. The minimum absolute atomic E-state index is 0.0470. The summed E-state index contributed by atoms with van der Waals surface area (Å²) in [6.07, 6.45) is 7.59. The molecule has 0 atom stereocenters. The van der Waals surface area contributed by atoms with Gasteiger partial charge in [-0.2, -0.15) is 5.10 Å². The lowest BCUT2D eigenvalue weighted by Gasteiger charge is -2.05. The van der Waals surface area contributed by atoms with E-state index in [0.717, 1.165) is 33.3 Å². The van der Waals surface area contributed by atoms with Gasteiger partial charge in [0.15, 0.2) is 5.78 Å². The molecular weight excluding hydrogens is 324 g/mol. The third kappa shape index (κ3) is 3.24. The molecule has 0 radical (unpaired) electrons. The number of fused-ring (bicyclic) bond motifs is 1. The minimum atomic E-state index is 0.0470. The summed E-state index contributed by atoms with van der Waals surface area (Å²) < 4.78 is 1.78. The van der Waals surface area contributed by atoms with Crippen molar-refractivity contribution in [2.75, 3.05) is 0 Å². The molecule has 4 rings (SSSR count). The summed E-state index contributed by atoms with van der Waals surface area (Å²) in [6.45, 7) is 1.88. The Morgan fingerprint density at radius 3 is 2.65 bits per heavy atom. The number of carbonyl (C=O) groups is 1. The van der Waals surface area contributed by atoms with Gasteiger partial charge < -0.3 is 0 Å². The van der Waals surface area contributed by atoms with Crippen LogP contribution >= 0.6 is 0 Å². The Labute approximate surface area is 151 Å². The largest absolute Gasteiger partial charge is 0.294 e. The van der Waals surface area contributed by atoms with Gasteiger partial charge in [0, 0.05) is 53.5 Å². The Morgan fingerprint density at radius 1 is 1.00 bits per heavy atom. The summed E-state index contributed by atoms with van der Waals surface area (Å²) in [5.41, 5.74) is 4.43. The maximum atomic E-state index is 12.5. The molecule has 0 aliphatic rings. The molecule has 5 nitrogen and oxygen atoms in total. The van der Waals surface area contributed by atoms with Gasteiger partial charge in [-0.15, -0.1) is 0 Å². The van der Waals surface area contributed by atoms with Crippen LogP contribution in [-0.2, 0) is 13.5 Å². The Kier molecular flexibility index (Phi) is 4.05. The van der Waals surface area contributed by atoms with Gasteiger partial charge in [-0.25, -0.2) is 0 Å². The first-order valence-corrected chi connectivity index (χ1v) is 8.42. The number of nitrogens with zero attached hydrogens (tertiary/aromatic N) is 4. The van der Waals surface area contributed by atoms with Gasteiger partial charge in [-0.05, 0) is 42.1 Å². The fourth-order valence-corrected chi connectivity index (χ4v) is 3.02. The summed E-state index contributed by atoms with van der Waals surface area (Å²) in [6, 6.07) is 11.8. The molecule has 3 heterocycles. The number of aryl methyl sites for hydroxylation is 2. The van der Waals surface area contributed by atoms with E-state index >= 15 is 0 Å². The highest BCUT2D eigenvalue weighted by molar-refractivity contribution is 5.98. The lowest BCUT2D eigenvalue weighted by molar-refractivity contribution is 0.0992. The normalized spacial score (nSPS) is 11.0. The zero-order valence-corrected chi connectivity index (χ0v) is 14.7. The van der Waals surface area contributed by atoms with Crippen LogP contribution in [0.25, 0.3) is 21.9 Å². The van der Waals surface area contributed by atoms with Crippen LogP contribution in [0, 0.1) is 6.92 Å². The maximum Gasteiger partial charge on any atom is 0.168 e. The van der Waals surface area contributed by atoms with Crippen molar-refractivity contribution in [3.05, 3.63) is 78.1 Å². The van der Waals surface area contributed by atoms with Crippen molar-refractivity contribution >= 4 is 16.6 Å². The van der Waals surface area contributed by atoms with Crippen molar-refractivity contribution in [3.8, 4) is 11.1 Å². The number of hydrogen-bond acceptors (Lipinski definition) is 4. The fourth-order valence-electron chi connectivity index (χ4n) is 3.02. The fraction of sp³-hybridized carbons (Fsp3) is 0.143. The molecule has 128 valence electrons. The quantitative estimate of drug-likeness (QED) is 0.530. The van der Waals surface area contributed by atoms with Crippen LogP contribution in [0.5, 0.6) is 0 Å². The topological polar surface area (TPSA) is 60.7 Å². The molecule has 0 bridgehead atoms. The monoisotopic (exact) mass is 342 g/mol. The van der Waals surface area contributed by atoms with E-state index in [1.54, 1.807) is 16.9 Å². The first-order chi connectivity index (χ1) is 12.6. The summed E-state index contributed by atoms with van der Waals surface area (Å²) in [7, 11) is 1.90. The van der Waals surface area contributed by atoms with E-state index in [9.17, 15) is 4.79 Å². The van der Waals surface area contributed by atoms with Gasteiger partial charge in [0.1, 0.15) is 0 Å². The van der Waals surface area contributed by atoms with E-state index in [0.29, 0.717) is 5.56 Å². The van der Waals surface area contributed by atoms with Crippen LogP contribution in [0.3, 0.4) is 0 Å². The molecule has 5 heteroatoms. The van der Waals surface area contributed by atoms with E-state index in [-0.39, 0.29) is 12.2 Å². The highest BCUT2D eigenvalue weighted by atomic mass is 16.1. The van der Waals surface area contributed by atoms with Crippen molar-refractivity contribution in [1.82, 2.24) is 19.7 Å². The van der Waals surface area contributed by atoms with Crippen molar-refractivity contribution in [2.24, 2.45) is 7.05 Å². The van der Waals surface area contributed by atoms with E-state index in [1.807, 2.05) is 50.8 Å². The number of Topliss-reactive ketones (excluding diaryl/α,β-unsaturated/α-hetero) is 1. The number of rotatable bonds is 4. The van der Waals surface area contributed by atoms with Crippen LogP contribution in [0.4, 0.5) is 0 Å². The predicted molar refractivity (Wildman–Crippen MR) is 101 cm³/mol. The third-order valence-corrected chi connectivity index (χ3v) is 4.38. The second-order valence-corrected chi connectivity index (χ2v) is 6.43. The molecule has 4 aromatic rings. The van der Waals surface area contributed by atoms with Crippen LogP contribution < -0.4 is 0 Å². The first kappa shape index (κ1) is 16.1. The molecule has 1 aromatic carbocycles. The number of pyridine rings is 2. The van der Waals surface area contributed by atoms with Gasteiger partial charge in [0.2, 0.25) is 0 Å². The van der Waals surface area contributed by atoms with Crippen molar-refractivity contribution in [1.29, 1.82) is 0 Å². The van der Waals surface area contributed by atoms with E-state index in [4.69, 9.17) is 0 Å². The molecule has 0 fully saturated rings. The molecule has 0 aliphatic carbocycles. The summed E-state index contributed by atoms with van der Waals surface area (Å²) >= 11 is 0. The molecular formula is C21H18N4O. The molecule has 0 saturated carbocycles. The van der Waals surface area contributed by atoms with Crippen LogP contribution in [-0.4, -0.2) is 25.5 Å². The maximum absolute atomic E-state index is 12.5. The summed E-state index contributed by atoms with van der Waals surface area (Å²) in [4.78, 5) is 21.1. The number of aromatic nitrogens is 4. The summed E-state index contributed by atoms with van der Waals surface area (Å²) in [5.74, 6) is 0.0470. The Hall–Kier alpha value is -3.34. The number of ketones is 1. The van der Waals surface area contributed by atoms with Gasteiger partial charge in [-0.3, -0.25) is 19.4 Å². The van der Waals surface area contributed by atoms with Crippen LogP contribution in [0.1, 0.15) is 21.7 Å². The van der Waals surface area contributed by atoms with Gasteiger partial charge in [0.05, 0.1) is 12.6 Å². The highest BCUT2D eigenvalue weighted by Crippen LogP contribution is 2.24. The second-order valence-electron chi connectivity index (χ2n) is 6.43. The van der Waals surface area contributed by atoms with Crippen molar-refractivity contribution in [3.63, 3.8) is 0 Å². The molecule has 3 aromatic heterocycles. The predicted octanol–water partition coefficient (Wildman–Crippen LogP) is 3.76. The van der Waals surface area contributed by atoms with E-state index in [1.165, 1.54) is 0 Å². The standard InChI is InChI=1S/C21H18N4O/c1-14-7-16(5-6-22-14)21(26)10-20-9-18-8-15(3-4-17(18)11-23-20)19-12-24-25(2)13-19/h3-9,11-13H,10H2,1-2H3. The average Bonchev–Trinajstić information content (AvgIpc) is 3.07. The minimum Gasteiger partial charge on any atom is -0.294 e. The number of carbonyl (C=O) groups excluding carboxylic acids is 1. The molecule has 0 spiro atoms. The average molecular weight is 342 g/mol. The second kappa shape index (κ2) is 6.52. The zero-order valence-electron chi connectivity index (χ0n) is 14.7. The number of hydrogen-bond donors (Lipinski definition) is 0. The molecule has 26 heavy (non-hydrogen) atoms. The van der Waals surface area contributed by atoms with Crippen LogP contribution in [0.15, 0.2) is 61.2 Å². The lowest BCUT2D eigenvalue weighted by Crippen LogP contribution is -2.05. The van der Waals surface area contributed by atoms with E-state index in [2.05, 4.69) is 27.2 Å². The van der Waals surface area contributed by atoms with Gasteiger partial charge >= 0.3 is 0 Å². The molecule has 0 aliphatic heterocycles. The Morgan fingerprint density at radius 2 is 1.88 bits per heavy atom. The number of benzene rings is 1. The van der Waals surface area contributed by atoms with Crippen molar-refractivity contribution < 1.29 is 4.79 Å². The van der Waals surface area contributed by atoms with E-state index < -0.39 is 0 Å². The molecule has 0 N–H and O–H groups in total. The smallest absolute Gasteiger partial charge is 0.168 e. The highest BCUT2D eigenvalue weighted by Gasteiger charge is 2.10. The molecule has 0 unspecified atom stereocenters. The summed E-state index contributed by atoms with van der Waals surface area (Å²) in [5, 5.41) is 6.34.